The lowest BCUT2D eigenvalue weighted by Crippen LogP contribution is -2.17. The van der Waals surface area contributed by atoms with Crippen LogP contribution in [-0.4, -0.2) is 14.7 Å². The van der Waals surface area contributed by atoms with Crippen molar-refractivity contribution in [3.8, 4) is 28.5 Å². The highest BCUT2D eigenvalue weighted by Gasteiger charge is 2.17. The van der Waals surface area contributed by atoms with E-state index in [1.165, 1.54) is 0 Å². The summed E-state index contributed by atoms with van der Waals surface area (Å²) in [5.74, 6) is 3.70. The van der Waals surface area contributed by atoms with Gasteiger partial charge in [-0.05, 0) is 12.1 Å². The number of hydrogen-bond donors (Lipinski definition) is 0. The molecule has 0 radical (unpaired) electrons. The third kappa shape index (κ3) is 4.01. The van der Waals surface area contributed by atoms with Gasteiger partial charge in [-0.1, -0.05) is 68.0 Å². The second-order valence-corrected chi connectivity index (χ2v) is 11.5. The molecule has 0 amide bonds. The molecule has 1 aromatic heterocycles. The van der Waals surface area contributed by atoms with E-state index >= 15 is 0 Å². The summed E-state index contributed by atoms with van der Waals surface area (Å²) >= 11 is 0. The highest BCUT2D eigenvalue weighted by atomic mass is 28.3. The highest BCUT2D eigenvalue weighted by Crippen LogP contribution is 2.30. The molecule has 0 aliphatic rings. The summed E-state index contributed by atoms with van der Waals surface area (Å²) in [6, 6.07) is 16.7. The largest absolute Gasteiger partial charge is 0.473 e. The zero-order valence-electron chi connectivity index (χ0n) is 14.6. The molecule has 0 aliphatic carbocycles. The average molecular weight is 348 g/mol. The molecule has 25 heavy (non-hydrogen) atoms. The molecular formula is C21H20O3Si. The minimum absolute atomic E-state index is 0.171. The molecule has 4 heteroatoms. The summed E-state index contributed by atoms with van der Waals surface area (Å²) in [4.78, 5) is 12.9. The molecule has 2 aromatic carbocycles. The summed E-state index contributed by atoms with van der Waals surface area (Å²) in [5.41, 5.74) is 4.42. The Hall–Kier alpha value is -2.77. The average Bonchev–Trinajstić information content (AvgIpc) is 2.60. The molecule has 0 spiro atoms. The molecule has 0 fully saturated rings. The molecule has 1 heterocycles. The van der Waals surface area contributed by atoms with E-state index in [0.29, 0.717) is 16.7 Å². The normalized spacial score (nSPS) is 11.0. The van der Waals surface area contributed by atoms with E-state index < -0.39 is 8.07 Å². The summed E-state index contributed by atoms with van der Waals surface area (Å²) in [7, 11) is -1.47. The Labute approximate surface area is 148 Å². The van der Waals surface area contributed by atoms with Crippen LogP contribution in [0, 0.1) is 11.5 Å². The molecule has 0 unspecified atom stereocenters. The van der Waals surface area contributed by atoms with Crippen molar-refractivity contribution in [3.63, 3.8) is 0 Å². The quantitative estimate of drug-likeness (QED) is 0.508. The van der Waals surface area contributed by atoms with E-state index in [4.69, 9.17) is 9.15 Å². The Morgan fingerprint density at radius 1 is 1.00 bits per heavy atom. The van der Waals surface area contributed by atoms with Crippen molar-refractivity contribution in [1.82, 2.24) is 0 Å². The van der Waals surface area contributed by atoms with Gasteiger partial charge < -0.3 is 9.15 Å². The van der Waals surface area contributed by atoms with Gasteiger partial charge in [0.1, 0.15) is 20.3 Å². The molecule has 3 nitrogen and oxygen atoms in total. The zero-order valence-corrected chi connectivity index (χ0v) is 15.6. The SMILES string of the molecule is C[Si](C)(C)C#CCOc1c(-c2ccccc2)oc2ccccc2c1=O. The van der Waals surface area contributed by atoms with Crippen molar-refractivity contribution in [2.75, 3.05) is 6.61 Å². The predicted molar refractivity (Wildman–Crippen MR) is 105 cm³/mol. The lowest BCUT2D eigenvalue weighted by molar-refractivity contribution is 0.358. The van der Waals surface area contributed by atoms with Gasteiger partial charge in [-0.25, -0.2) is 0 Å². The van der Waals surface area contributed by atoms with Crippen molar-refractivity contribution in [2.45, 2.75) is 19.6 Å². The minimum Gasteiger partial charge on any atom is -0.473 e. The van der Waals surface area contributed by atoms with E-state index in [0.717, 1.165) is 5.56 Å². The van der Waals surface area contributed by atoms with E-state index in [9.17, 15) is 4.79 Å². The maximum absolute atomic E-state index is 12.9. The summed E-state index contributed by atoms with van der Waals surface area (Å²) in [5, 5.41) is 0.510. The summed E-state index contributed by atoms with van der Waals surface area (Å²) in [6.07, 6.45) is 0. The van der Waals surface area contributed by atoms with Crippen LogP contribution in [0.5, 0.6) is 5.75 Å². The van der Waals surface area contributed by atoms with E-state index in [2.05, 4.69) is 31.1 Å². The van der Waals surface area contributed by atoms with Crippen LogP contribution in [0.3, 0.4) is 0 Å². The maximum Gasteiger partial charge on any atom is 0.235 e. The number of ether oxygens (including phenoxy) is 1. The van der Waals surface area contributed by atoms with Crippen LogP contribution in [0.4, 0.5) is 0 Å². The molecule has 0 atom stereocenters. The number of para-hydroxylation sites is 1. The lowest BCUT2D eigenvalue weighted by Gasteiger charge is -2.10. The molecule has 0 bridgehead atoms. The fourth-order valence-electron chi connectivity index (χ4n) is 2.45. The van der Waals surface area contributed by atoms with Gasteiger partial charge in [-0.3, -0.25) is 4.79 Å². The topological polar surface area (TPSA) is 39.4 Å². The summed E-state index contributed by atoms with van der Waals surface area (Å²) in [6.45, 7) is 6.67. The Bertz CT molecular complexity index is 1000. The fraction of sp³-hybridized carbons (Fsp3) is 0.190. The minimum atomic E-state index is -1.47. The first-order chi connectivity index (χ1) is 12.0. The summed E-state index contributed by atoms with van der Waals surface area (Å²) < 4.78 is 11.8. The van der Waals surface area contributed by atoms with Crippen molar-refractivity contribution in [2.24, 2.45) is 0 Å². The molecule has 3 rings (SSSR count). The van der Waals surface area contributed by atoms with Gasteiger partial charge in [-0.15, -0.1) is 5.54 Å². The third-order valence-corrected chi connectivity index (χ3v) is 4.47. The monoisotopic (exact) mass is 348 g/mol. The lowest BCUT2D eigenvalue weighted by atomic mass is 10.1. The van der Waals surface area contributed by atoms with E-state index in [1.807, 2.05) is 42.5 Å². The Morgan fingerprint density at radius 2 is 1.68 bits per heavy atom. The fourth-order valence-corrected chi connectivity index (χ4v) is 3.05. The molecule has 0 N–H and O–H groups in total. The standard InChI is InChI=1S/C21H20O3Si/c1-25(2,3)15-9-14-23-21-19(22)17-12-7-8-13-18(17)24-20(21)16-10-5-4-6-11-16/h4-8,10-13H,14H2,1-3H3. The van der Waals surface area contributed by atoms with Crippen LogP contribution >= 0.6 is 0 Å². The molecule has 126 valence electrons. The van der Waals surface area contributed by atoms with Crippen LogP contribution in [-0.2, 0) is 0 Å². The predicted octanol–water partition coefficient (Wildman–Crippen LogP) is 4.72. The van der Waals surface area contributed by atoms with Crippen molar-refractivity contribution >= 4 is 19.0 Å². The first-order valence-corrected chi connectivity index (χ1v) is 11.7. The van der Waals surface area contributed by atoms with Gasteiger partial charge in [0.25, 0.3) is 0 Å². The number of rotatable bonds is 3. The highest BCUT2D eigenvalue weighted by molar-refractivity contribution is 6.83. The van der Waals surface area contributed by atoms with Gasteiger partial charge in [-0.2, -0.15) is 0 Å². The van der Waals surface area contributed by atoms with Gasteiger partial charge in [0.15, 0.2) is 5.76 Å². The van der Waals surface area contributed by atoms with Crippen molar-refractivity contribution in [1.29, 1.82) is 0 Å². The Kier molecular flexibility index (Phi) is 4.78. The molecular weight excluding hydrogens is 328 g/mol. The third-order valence-electron chi connectivity index (χ3n) is 3.54. The van der Waals surface area contributed by atoms with Crippen LogP contribution in [0.2, 0.25) is 19.6 Å². The number of fused-ring (bicyclic) bond motifs is 1. The van der Waals surface area contributed by atoms with Gasteiger partial charge in [0.2, 0.25) is 11.2 Å². The first-order valence-electron chi connectivity index (χ1n) is 8.20. The van der Waals surface area contributed by atoms with Crippen molar-refractivity contribution < 1.29 is 9.15 Å². The maximum atomic E-state index is 12.9. The zero-order chi connectivity index (χ0) is 17.9. The van der Waals surface area contributed by atoms with Gasteiger partial charge in [0, 0.05) is 5.56 Å². The van der Waals surface area contributed by atoms with E-state index in [1.54, 1.807) is 12.1 Å². The molecule has 0 saturated heterocycles. The van der Waals surface area contributed by atoms with Gasteiger partial charge in [0.05, 0.1) is 5.39 Å². The molecule has 0 aliphatic heterocycles. The van der Waals surface area contributed by atoms with Crippen LogP contribution in [0.15, 0.2) is 63.8 Å². The van der Waals surface area contributed by atoms with Crippen molar-refractivity contribution in [3.05, 3.63) is 64.8 Å². The molecule has 0 saturated carbocycles. The Morgan fingerprint density at radius 3 is 2.40 bits per heavy atom. The van der Waals surface area contributed by atoms with Crippen LogP contribution in [0.1, 0.15) is 0 Å². The van der Waals surface area contributed by atoms with Crippen LogP contribution in [0.25, 0.3) is 22.3 Å². The Balaban J connectivity index is 2.09. The molecule has 3 aromatic rings. The van der Waals surface area contributed by atoms with Gasteiger partial charge >= 0.3 is 0 Å². The second-order valence-electron chi connectivity index (χ2n) is 6.79. The second kappa shape index (κ2) is 7.00. The van der Waals surface area contributed by atoms with Crippen LogP contribution < -0.4 is 10.2 Å². The smallest absolute Gasteiger partial charge is 0.235 e. The number of benzene rings is 2. The first kappa shape index (κ1) is 17.1. The number of hydrogen-bond acceptors (Lipinski definition) is 3. The van der Waals surface area contributed by atoms with E-state index in [-0.39, 0.29) is 17.8 Å².